The van der Waals surface area contributed by atoms with Crippen LogP contribution in [-0.2, 0) is 26.2 Å². The number of ether oxygens (including phenoxy) is 1. The molecule has 1 N–H and O–H groups in total. The van der Waals surface area contributed by atoms with Gasteiger partial charge in [-0.2, -0.15) is 0 Å². The van der Waals surface area contributed by atoms with Crippen LogP contribution >= 0.6 is 11.6 Å². The van der Waals surface area contributed by atoms with E-state index in [-0.39, 0.29) is 29.1 Å². The lowest BCUT2D eigenvalue weighted by atomic mass is 10.1. The van der Waals surface area contributed by atoms with Crippen molar-refractivity contribution in [1.29, 1.82) is 0 Å². The fourth-order valence-corrected chi connectivity index (χ4v) is 5.63. The van der Waals surface area contributed by atoms with Gasteiger partial charge in [0.25, 0.3) is 10.0 Å². The smallest absolute Gasteiger partial charge is 0.264 e. The van der Waals surface area contributed by atoms with Gasteiger partial charge in [-0.15, -0.1) is 0 Å². The maximum Gasteiger partial charge on any atom is 0.264 e. The van der Waals surface area contributed by atoms with Crippen molar-refractivity contribution in [3.63, 3.8) is 0 Å². The highest BCUT2D eigenvalue weighted by atomic mass is 35.5. The molecule has 3 rings (SSSR count). The van der Waals surface area contributed by atoms with Gasteiger partial charge in [0.1, 0.15) is 18.3 Å². The molecule has 2 atom stereocenters. The van der Waals surface area contributed by atoms with E-state index in [2.05, 4.69) is 5.32 Å². The van der Waals surface area contributed by atoms with Gasteiger partial charge >= 0.3 is 0 Å². The number of amides is 2. The summed E-state index contributed by atoms with van der Waals surface area (Å²) in [5.41, 5.74) is 1.86. The van der Waals surface area contributed by atoms with Gasteiger partial charge in [-0.25, -0.2) is 8.42 Å². The number of hydrogen-bond acceptors (Lipinski definition) is 5. The quantitative estimate of drug-likeness (QED) is 0.316. The summed E-state index contributed by atoms with van der Waals surface area (Å²) in [7, 11) is -2.68. The predicted molar refractivity (Wildman–Crippen MR) is 158 cm³/mol. The Morgan fingerprint density at radius 2 is 1.68 bits per heavy atom. The van der Waals surface area contributed by atoms with Crippen molar-refractivity contribution >= 4 is 39.1 Å². The highest BCUT2D eigenvalue weighted by Crippen LogP contribution is 2.28. The lowest BCUT2D eigenvalue weighted by molar-refractivity contribution is -0.139. The van der Waals surface area contributed by atoms with E-state index in [0.717, 1.165) is 16.3 Å². The highest BCUT2D eigenvalue weighted by molar-refractivity contribution is 7.92. The number of nitrogens with zero attached hydrogens (tertiary/aromatic N) is 2. The van der Waals surface area contributed by atoms with Crippen LogP contribution in [0, 0.1) is 6.92 Å². The molecule has 0 radical (unpaired) electrons. The van der Waals surface area contributed by atoms with Crippen molar-refractivity contribution in [2.75, 3.05) is 18.0 Å². The number of carbonyl (C=O) groups is 2. The van der Waals surface area contributed by atoms with Crippen molar-refractivity contribution in [2.45, 2.75) is 57.6 Å². The molecule has 40 heavy (non-hydrogen) atoms. The Bertz CT molecular complexity index is 1430. The summed E-state index contributed by atoms with van der Waals surface area (Å²) < 4.78 is 34.2. The second-order valence-corrected chi connectivity index (χ2v) is 12.0. The van der Waals surface area contributed by atoms with E-state index in [9.17, 15) is 18.0 Å². The number of methoxy groups -OCH3 is 1. The molecule has 0 bridgehead atoms. The minimum Gasteiger partial charge on any atom is -0.497 e. The molecule has 0 aliphatic heterocycles. The van der Waals surface area contributed by atoms with Crippen molar-refractivity contribution in [3.05, 3.63) is 88.9 Å². The molecule has 0 saturated carbocycles. The zero-order valence-electron chi connectivity index (χ0n) is 23.4. The zero-order valence-corrected chi connectivity index (χ0v) is 25.0. The zero-order chi connectivity index (χ0) is 29.4. The number of rotatable bonds is 12. The lowest BCUT2D eigenvalue weighted by Crippen LogP contribution is -2.52. The molecule has 0 aliphatic rings. The Hall–Kier alpha value is -3.56. The third kappa shape index (κ3) is 7.76. The van der Waals surface area contributed by atoms with Gasteiger partial charge in [-0.05, 0) is 69.2 Å². The maximum absolute atomic E-state index is 14.0. The number of hydrogen-bond donors (Lipinski definition) is 1. The number of carbonyl (C=O) groups excluding carboxylic acids is 2. The molecule has 0 aliphatic carbocycles. The Morgan fingerprint density at radius 1 is 1.00 bits per heavy atom. The minimum atomic E-state index is -4.16. The van der Waals surface area contributed by atoms with E-state index in [1.807, 2.05) is 20.8 Å². The first-order valence-corrected chi connectivity index (χ1v) is 14.9. The van der Waals surface area contributed by atoms with E-state index in [0.29, 0.717) is 16.3 Å². The minimum absolute atomic E-state index is 0.0395. The summed E-state index contributed by atoms with van der Waals surface area (Å²) in [5.74, 6) is -0.449. The van der Waals surface area contributed by atoms with Crippen LogP contribution in [0.5, 0.6) is 5.75 Å². The summed E-state index contributed by atoms with van der Waals surface area (Å²) in [6.07, 6.45) is 0.721. The van der Waals surface area contributed by atoms with E-state index in [4.69, 9.17) is 16.3 Å². The first-order chi connectivity index (χ1) is 19.0. The van der Waals surface area contributed by atoms with Gasteiger partial charge in [-0.1, -0.05) is 54.4 Å². The first kappa shape index (κ1) is 31.0. The lowest BCUT2D eigenvalue weighted by Gasteiger charge is -2.32. The number of halogens is 1. The van der Waals surface area contributed by atoms with Crippen molar-refractivity contribution in [3.8, 4) is 5.75 Å². The van der Waals surface area contributed by atoms with E-state index in [1.165, 1.54) is 24.1 Å². The molecule has 3 aromatic rings. The summed E-state index contributed by atoms with van der Waals surface area (Å²) in [4.78, 5) is 28.5. The first-order valence-electron chi connectivity index (χ1n) is 13.0. The molecule has 3 aromatic carbocycles. The summed E-state index contributed by atoms with van der Waals surface area (Å²) in [6, 6.07) is 18.9. The van der Waals surface area contributed by atoms with Crippen LogP contribution in [0.4, 0.5) is 5.69 Å². The Morgan fingerprint density at radius 3 is 2.30 bits per heavy atom. The predicted octanol–water partition coefficient (Wildman–Crippen LogP) is 5.18. The van der Waals surface area contributed by atoms with Crippen LogP contribution in [0.25, 0.3) is 0 Å². The number of nitrogens with one attached hydrogen (secondary N) is 1. The van der Waals surface area contributed by atoms with Crippen molar-refractivity contribution in [2.24, 2.45) is 0 Å². The molecule has 0 saturated heterocycles. The topological polar surface area (TPSA) is 96.0 Å². The molecule has 0 spiro atoms. The van der Waals surface area contributed by atoms with Crippen LogP contribution in [0.2, 0.25) is 5.02 Å². The molecule has 0 unspecified atom stereocenters. The monoisotopic (exact) mass is 585 g/mol. The molecule has 0 aromatic heterocycles. The largest absolute Gasteiger partial charge is 0.497 e. The van der Waals surface area contributed by atoms with Gasteiger partial charge in [0, 0.05) is 23.7 Å². The van der Waals surface area contributed by atoms with E-state index >= 15 is 0 Å². The third-order valence-electron chi connectivity index (χ3n) is 6.64. The van der Waals surface area contributed by atoms with Crippen LogP contribution in [0.3, 0.4) is 0 Å². The fourth-order valence-electron chi connectivity index (χ4n) is 4.01. The summed E-state index contributed by atoms with van der Waals surface area (Å²) in [6.45, 7) is 6.85. The molecule has 8 nitrogen and oxygen atoms in total. The fraction of sp³-hybridized carbons (Fsp3) is 0.333. The Balaban J connectivity index is 2.05. The van der Waals surface area contributed by atoms with Gasteiger partial charge in [0.2, 0.25) is 11.8 Å². The number of anilines is 1. The van der Waals surface area contributed by atoms with Crippen LogP contribution in [-0.4, -0.2) is 50.9 Å². The molecular weight excluding hydrogens is 550 g/mol. The molecule has 0 fully saturated rings. The van der Waals surface area contributed by atoms with Crippen LogP contribution in [0.1, 0.15) is 38.3 Å². The normalized spacial score (nSPS) is 12.8. The van der Waals surface area contributed by atoms with Crippen molar-refractivity contribution < 1.29 is 22.7 Å². The highest BCUT2D eigenvalue weighted by Gasteiger charge is 2.33. The van der Waals surface area contributed by atoms with Gasteiger partial charge < -0.3 is 15.0 Å². The third-order valence-corrected chi connectivity index (χ3v) is 8.66. The second-order valence-electron chi connectivity index (χ2n) is 9.67. The Kier molecular flexibility index (Phi) is 10.6. The average molecular weight is 586 g/mol. The SMILES string of the molecule is CC[C@@H](C)NC(=O)[C@@H](C)N(Cc1cccc(Cl)c1)C(=O)CN(c1cccc(OC)c1)S(=O)(=O)c1ccc(C)cc1. The number of benzene rings is 3. The Labute approximate surface area is 241 Å². The van der Waals surface area contributed by atoms with Crippen LogP contribution < -0.4 is 14.4 Å². The summed E-state index contributed by atoms with van der Waals surface area (Å²) in [5, 5.41) is 3.40. The van der Waals surface area contributed by atoms with Gasteiger partial charge in [0.05, 0.1) is 17.7 Å². The molecule has 2 amide bonds. The molecule has 0 heterocycles. The van der Waals surface area contributed by atoms with Crippen molar-refractivity contribution in [1.82, 2.24) is 10.2 Å². The average Bonchev–Trinajstić information content (AvgIpc) is 2.94. The standard InChI is InChI=1S/C30H36ClN3O5S/c1-6-22(3)32-30(36)23(4)33(19-24-9-7-10-25(31)17-24)29(35)20-34(26-11-8-12-27(18-26)39-5)40(37,38)28-15-13-21(2)14-16-28/h7-18,22-23H,6,19-20H2,1-5H3,(H,32,36)/t22-,23-/m1/s1. The van der Waals surface area contributed by atoms with Crippen LogP contribution in [0.15, 0.2) is 77.7 Å². The van der Waals surface area contributed by atoms with Gasteiger partial charge in [-0.3, -0.25) is 13.9 Å². The number of sulfonamides is 1. The van der Waals surface area contributed by atoms with E-state index in [1.54, 1.807) is 67.6 Å². The second kappa shape index (κ2) is 13.7. The summed E-state index contributed by atoms with van der Waals surface area (Å²) >= 11 is 6.19. The molecule has 214 valence electrons. The van der Waals surface area contributed by atoms with E-state index < -0.39 is 28.5 Å². The number of aryl methyl sites for hydroxylation is 1. The maximum atomic E-state index is 14.0. The molecule has 10 heteroatoms. The van der Waals surface area contributed by atoms with Gasteiger partial charge in [0.15, 0.2) is 0 Å². The molecular formula is C30H36ClN3O5S.